The van der Waals surface area contributed by atoms with Crippen molar-refractivity contribution in [1.29, 1.82) is 0 Å². The average molecular weight is 420 g/mol. The van der Waals surface area contributed by atoms with E-state index >= 15 is 0 Å². The Bertz CT molecular complexity index is 662. The molecule has 2 rings (SSSR count). The second-order valence-corrected chi connectivity index (χ2v) is 12.4. The van der Waals surface area contributed by atoms with Gasteiger partial charge < -0.3 is 13.9 Å². The molecule has 0 radical (unpaired) electrons. The molecule has 1 atom stereocenters. The van der Waals surface area contributed by atoms with E-state index in [2.05, 4.69) is 39.8 Å². The van der Waals surface area contributed by atoms with Crippen LogP contribution in [0.25, 0.3) is 0 Å². The molecule has 1 unspecified atom stereocenters. The van der Waals surface area contributed by atoms with Gasteiger partial charge in [-0.3, -0.25) is 4.90 Å². The lowest BCUT2D eigenvalue weighted by Crippen LogP contribution is -2.38. The smallest absolute Gasteiger partial charge is 0.413 e. The van der Waals surface area contributed by atoms with Gasteiger partial charge in [0, 0.05) is 6.20 Å². The zero-order chi connectivity index (χ0) is 21.3. The molecule has 1 aromatic carbocycles. The molecule has 0 saturated carbocycles. The quantitative estimate of drug-likeness (QED) is 0.374. The third-order valence-corrected chi connectivity index (χ3v) is 10.6. The van der Waals surface area contributed by atoms with Gasteiger partial charge in [0.2, 0.25) is 0 Å². The number of hydrogen-bond acceptors (Lipinski definition) is 4. The van der Waals surface area contributed by atoms with E-state index in [-0.39, 0.29) is 12.2 Å². The summed E-state index contributed by atoms with van der Waals surface area (Å²) < 4.78 is 17.5. The molecule has 1 fully saturated rings. The molecule has 1 aromatic rings. The summed E-state index contributed by atoms with van der Waals surface area (Å²) in [5, 5.41) is 0. The molecule has 6 heteroatoms. The van der Waals surface area contributed by atoms with Gasteiger partial charge in [-0.15, -0.1) is 0 Å². The summed E-state index contributed by atoms with van der Waals surface area (Å²) in [7, 11) is -0.188. The first kappa shape index (κ1) is 23.5. The summed E-state index contributed by atoms with van der Waals surface area (Å²) >= 11 is 0. The first-order valence-electron chi connectivity index (χ1n) is 11.0. The zero-order valence-electron chi connectivity index (χ0n) is 18.7. The van der Waals surface area contributed by atoms with Crippen LogP contribution in [0.4, 0.5) is 4.79 Å². The molecule has 0 N–H and O–H groups in total. The number of amides is 1. The van der Waals surface area contributed by atoms with Crippen molar-refractivity contribution in [2.45, 2.75) is 71.2 Å². The Morgan fingerprint density at radius 3 is 2.31 bits per heavy atom. The minimum absolute atomic E-state index is 0.146. The maximum atomic E-state index is 12.1. The highest BCUT2D eigenvalue weighted by Crippen LogP contribution is 2.37. The summed E-state index contributed by atoms with van der Waals surface area (Å²) in [6.45, 7) is 9.98. The van der Waals surface area contributed by atoms with E-state index < -0.39 is 8.32 Å². The van der Waals surface area contributed by atoms with Crippen LogP contribution in [0, 0.1) is 0 Å². The summed E-state index contributed by atoms with van der Waals surface area (Å²) in [5.74, 6) is 0.833. The van der Waals surface area contributed by atoms with E-state index in [0.717, 1.165) is 54.3 Å². The number of ether oxygens (including phenoxy) is 2. The van der Waals surface area contributed by atoms with Crippen molar-refractivity contribution < 1.29 is 18.7 Å². The molecule has 1 aliphatic rings. The number of nitrogens with zero attached hydrogens (tertiary/aromatic N) is 1. The molecule has 0 aromatic heterocycles. The van der Waals surface area contributed by atoms with Crippen LogP contribution < -0.4 is 4.74 Å². The SMILES string of the molecule is CCCC/C(=C\N1CCOC1=O)C(O[Si](CC)(CC)CC)c1ccc(OC)cc1. The van der Waals surface area contributed by atoms with Crippen molar-refractivity contribution >= 4 is 14.4 Å². The Balaban J connectivity index is 2.47. The third-order valence-electron chi connectivity index (χ3n) is 5.99. The number of hydrogen-bond donors (Lipinski definition) is 0. The van der Waals surface area contributed by atoms with Gasteiger partial charge in [-0.1, -0.05) is 46.2 Å². The summed E-state index contributed by atoms with van der Waals surface area (Å²) in [5.41, 5.74) is 2.27. The Morgan fingerprint density at radius 1 is 1.17 bits per heavy atom. The summed E-state index contributed by atoms with van der Waals surface area (Å²) in [6.07, 6.45) is 4.63. The van der Waals surface area contributed by atoms with Crippen molar-refractivity contribution in [2.75, 3.05) is 20.3 Å². The topological polar surface area (TPSA) is 48.0 Å². The molecular formula is C23H37NO4Si. The van der Waals surface area contributed by atoms with Crippen molar-refractivity contribution in [3.05, 3.63) is 41.6 Å². The normalized spacial score (nSPS) is 16.1. The van der Waals surface area contributed by atoms with E-state index in [1.54, 1.807) is 12.0 Å². The lowest BCUT2D eigenvalue weighted by molar-refractivity contribution is 0.165. The maximum absolute atomic E-state index is 12.1. The zero-order valence-corrected chi connectivity index (χ0v) is 19.7. The van der Waals surface area contributed by atoms with E-state index in [1.807, 2.05) is 18.3 Å². The fraction of sp³-hybridized carbons (Fsp3) is 0.609. The molecule has 0 aliphatic carbocycles. The molecule has 5 nitrogen and oxygen atoms in total. The van der Waals surface area contributed by atoms with Crippen LogP contribution in [0.3, 0.4) is 0 Å². The molecule has 1 aliphatic heterocycles. The standard InChI is InChI=1S/C23H37NO4Si/c1-6-10-11-20(18-24-16-17-27-23(24)25)22(28-29(7-2,8-3)9-4)19-12-14-21(26-5)15-13-19/h12-15,18,22H,6-11,16-17H2,1-5H3/b20-18+. The predicted molar refractivity (Wildman–Crippen MR) is 120 cm³/mol. The van der Waals surface area contributed by atoms with Crippen LogP contribution in [0.1, 0.15) is 58.6 Å². The second-order valence-electron chi connectivity index (χ2n) is 7.63. The van der Waals surface area contributed by atoms with Crippen molar-refractivity contribution in [2.24, 2.45) is 0 Å². The van der Waals surface area contributed by atoms with Crippen LogP contribution in [-0.4, -0.2) is 39.6 Å². The molecule has 0 spiro atoms. The Hall–Kier alpha value is -1.79. The predicted octanol–water partition coefficient (Wildman–Crippen LogP) is 6.28. The number of benzene rings is 1. The third kappa shape index (κ3) is 6.09. The lowest BCUT2D eigenvalue weighted by atomic mass is 9.97. The Kier molecular flexibility index (Phi) is 9.24. The van der Waals surface area contributed by atoms with E-state index in [9.17, 15) is 4.79 Å². The van der Waals surface area contributed by atoms with Crippen LogP contribution in [0.5, 0.6) is 5.75 Å². The van der Waals surface area contributed by atoms with Gasteiger partial charge in [-0.25, -0.2) is 4.79 Å². The molecule has 1 heterocycles. The van der Waals surface area contributed by atoms with Gasteiger partial charge in [0.15, 0.2) is 8.32 Å². The summed E-state index contributed by atoms with van der Waals surface area (Å²) in [6, 6.07) is 11.4. The second kappa shape index (κ2) is 11.4. The van der Waals surface area contributed by atoms with Gasteiger partial charge in [0.1, 0.15) is 12.4 Å². The molecular weight excluding hydrogens is 382 g/mol. The number of cyclic esters (lactones) is 1. The largest absolute Gasteiger partial charge is 0.497 e. The Labute approximate surface area is 177 Å². The van der Waals surface area contributed by atoms with Crippen LogP contribution in [0.15, 0.2) is 36.0 Å². The molecule has 0 bridgehead atoms. The fourth-order valence-electron chi connectivity index (χ4n) is 3.75. The van der Waals surface area contributed by atoms with Crippen LogP contribution in [-0.2, 0) is 9.16 Å². The van der Waals surface area contributed by atoms with E-state index in [0.29, 0.717) is 13.2 Å². The first-order chi connectivity index (χ1) is 14.0. The number of methoxy groups -OCH3 is 1. The van der Waals surface area contributed by atoms with Crippen molar-refractivity contribution in [1.82, 2.24) is 4.90 Å². The van der Waals surface area contributed by atoms with Gasteiger partial charge in [-0.2, -0.15) is 0 Å². The maximum Gasteiger partial charge on any atom is 0.413 e. The highest BCUT2D eigenvalue weighted by atomic mass is 28.4. The highest BCUT2D eigenvalue weighted by molar-refractivity contribution is 6.73. The average Bonchev–Trinajstić information content (AvgIpc) is 3.17. The number of carbonyl (C=O) groups excluding carboxylic acids is 1. The van der Waals surface area contributed by atoms with Crippen LogP contribution in [0.2, 0.25) is 18.1 Å². The molecule has 29 heavy (non-hydrogen) atoms. The number of unbranched alkanes of at least 4 members (excludes halogenated alkanes) is 1. The van der Waals surface area contributed by atoms with Gasteiger partial charge in [0.05, 0.1) is 19.8 Å². The van der Waals surface area contributed by atoms with Gasteiger partial charge in [-0.05, 0) is 54.2 Å². The van der Waals surface area contributed by atoms with Gasteiger partial charge >= 0.3 is 6.09 Å². The number of rotatable bonds is 12. The van der Waals surface area contributed by atoms with E-state index in [1.165, 1.54) is 0 Å². The minimum atomic E-state index is -1.87. The highest BCUT2D eigenvalue weighted by Gasteiger charge is 2.34. The van der Waals surface area contributed by atoms with Crippen molar-refractivity contribution in [3.8, 4) is 5.75 Å². The number of carbonyl (C=O) groups is 1. The lowest BCUT2D eigenvalue weighted by Gasteiger charge is -2.35. The molecule has 1 saturated heterocycles. The first-order valence-corrected chi connectivity index (χ1v) is 13.5. The molecule has 1 amide bonds. The van der Waals surface area contributed by atoms with Gasteiger partial charge in [0.25, 0.3) is 0 Å². The molecule has 162 valence electrons. The van der Waals surface area contributed by atoms with Crippen molar-refractivity contribution in [3.63, 3.8) is 0 Å². The Morgan fingerprint density at radius 2 is 1.83 bits per heavy atom. The summed E-state index contributed by atoms with van der Waals surface area (Å²) in [4.78, 5) is 13.8. The minimum Gasteiger partial charge on any atom is -0.497 e. The van der Waals surface area contributed by atoms with Crippen LogP contribution >= 0.6 is 0 Å². The monoisotopic (exact) mass is 419 g/mol. The van der Waals surface area contributed by atoms with E-state index in [4.69, 9.17) is 13.9 Å². The fourth-order valence-corrected chi connectivity index (χ4v) is 6.54.